The number of benzene rings is 1. The molecule has 1 saturated heterocycles. The number of rotatable bonds is 3. The number of nitrogens with zero attached hydrogens (tertiary/aromatic N) is 2. The first-order chi connectivity index (χ1) is 9.88. The van der Waals surface area contributed by atoms with Crippen molar-refractivity contribution in [2.24, 2.45) is 5.92 Å². The molecule has 4 nitrogen and oxygen atoms in total. The quantitative estimate of drug-likeness (QED) is 0.857. The summed E-state index contributed by atoms with van der Waals surface area (Å²) in [5.74, 6) is 1.74. The van der Waals surface area contributed by atoms with Crippen molar-refractivity contribution in [1.82, 2.24) is 4.90 Å². The molecule has 114 valence electrons. The lowest BCUT2D eigenvalue weighted by Crippen LogP contribution is -2.39. The van der Waals surface area contributed by atoms with Gasteiger partial charge < -0.3 is 9.47 Å². The molecule has 0 spiro atoms. The molecule has 1 aromatic rings. The van der Waals surface area contributed by atoms with Crippen molar-refractivity contribution < 1.29 is 9.47 Å². The summed E-state index contributed by atoms with van der Waals surface area (Å²) in [7, 11) is 3.30. The normalized spacial score (nSPS) is 22.9. The van der Waals surface area contributed by atoms with E-state index in [1.807, 2.05) is 18.2 Å². The number of hydrogen-bond donors (Lipinski definition) is 0. The molecule has 1 fully saturated rings. The molecule has 1 aliphatic heterocycles. The molecule has 1 aromatic carbocycles. The Morgan fingerprint density at radius 3 is 2.10 bits per heavy atom. The number of likely N-dealkylation sites (tertiary alicyclic amines) is 1. The molecule has 0 radical (unpaired) electrons. The molecule has 0 saturated carbocycles. The number of ether oxygens (including phenoxy) is 2. The van der Waals surface area contributed by atoms with Crippen LogP contribution in [-0.4, -0.2) is 37.7 Å². The van der Waals surface area contributed by atoms with Gasteiger partial charge in [-0.1, -0.05) is 0 Å². The lowest BCUT2D eigenvalue weighted by molar-refractivity contribution is 0.170. The Morgan fingerprint density at radius 2 is 1.67 bits per heavy atom. The van der Waals surface area contributed by atoms with E-state index in [4.69, 9.17) is 9.47 Å². The third-order valence-corrected chi connectivity index (χ3v) is 4.24. The average molecular weight is 288 g/mol. The highest BCUT2D eigenvalue weighted by Gasteiger charge is 2.38. The number of nitriles is 1. The van der Waals surface area contributed by atoms with Crippen molar-refractivity contribution in [3.8, 4) is 17.6 Å². The number of methoxy groups -OCH3 is 2. The summed E-state index contributed by atoms with van der Waals surface area (Å²) in [5, 5.41) is 9.50. The zero-order chi connectivity index (χ0) is 15.6. The van der Waals surface area contributed by atoms with Crippen LogP contribution in [0, 0.1) is 17.2 Å². The SMILES string of the molecule is COc1cc(OC)cc([C@H]2CN(C(C)(C)C)C[C@@H]2C#N)c1. The zero-order valence-electron chi connectivity index (χ0n) is 13.5. The summed E-state index contributed by atoms with van der Waals surface area (Å²) in [6.45, 7) is 8.27. The van der Waals surface area contributed by atoms with Gasteiger partial charge in [-0.3, -0.25) is 4.90 Å². The third-order valence-electron chi connectivity index (χ3n) is 4.24. The smallest absolute Gasteiger partial charge is 0.122 e. The summed E-state index contributed by atoms with van der Waals surface area (Å²) in [6.07, 6.45) is 0. The van der Waals surface area contributed by atoms with Crippen molar-refractivity contribution in [3.05, 3.63) is 23.8 Å². The molecule has 21 heavy (non-hydrogen) atoms. The minimum absolute atomic E-state index is 0.000960. The van der Waals surface area contributed by atoms with Crippen LogP contribution in [0.25, 0.3) is 0 Å². The third kappa shape index (κ3) is 3.30. The molecule has 1 aliphatic rings. The summed E-state index contributed by atoms with van der Waals surface area (Å²) in [4.78, 5) is 2.37. The van der Waals surface area contributed by atoms with Crippen LogP contribution in [0.3, 0.4) is 0 Å². The monoisotopic (exact) mass is 288 g/mol. The first-order valence-electron chi connectivity index (χ1n) is 7.26. The van der Waals surface area contributed by atoms with Crippen LogP contribution >= 0.6 is 0 Å². The van der Waals surface area contributed by atoms with E-state index in [-0.39, 0.29) is 17.4 Å². The van der Waals surface area contributed by atoms with Gasteiger partial charge in [-0.15, -0.1) is 0 Å². The van der Waals surface area contributed by atoms with Gasteiger partial charge in [0.15, 0.2) is 0 Å². The van der Waals surface area contributed by atoms with Crippen LogP contribution in [-0.2, 0) is 0 Å². The van der Waals surface area contributed by atoms with Gasteiger partial charge in [0.05, 0.1) is 26.2 Å². The van der Waals surface area contributed by atoms with E-state index >= 15 is 0 Å². The molecule has 0 unspecified atom stereocenters. The van der Waals surface area contributed by atoms with Gasteiger partial charge in [-0.05, 0) is 38.5 Å². The van der Waals surface area contributed by atoms with E-state index in [9.17, 15) is 5.26 Å². The minimum atomic E-state index is 0.000960. The van der Waals surface area contributed by atoms with Crippen LogP contribution in [0.5, 0.6) is 11.5 Å². The fourth-order valence-corrected chi connectivity index (χ4v) is 2.86. The van der Waals surface area contributed by atoms with Crippen molar-refractivity contribution in [1.29, 1.82) is 5.26 Å². The maximum absolute atomic E-state index is 9.50. The molecule has 0 amide bonds. The molecule has 0 N–H and O–H groups in total. The largest absolute Gasteiger partial charge is 0.497 e. The Bertz CT molecular complexity index is 520. The van der Waals surface area contributed by atoms with E-state index in [2.05, 4.69) is 31.7 Å². The fraction of sp³-hybridized carbons (Fsp3) is 0.588. The van der Waals surface area contributed by atoms with Gasteiger partial charge >= 0.3 is 0 Å². The zero-order valence-corrected chi connectivity index (χ0v) is 13.5. The lowest BCUT2D eigenvalue weighted by Gasteiger charge is -2.31. The first kappa shape index (κ1) is 15.7. The van der Waals surface area contributed by atoms with Gasteiger partial charge in [0, 0.05) is 30.6 Å². The van der Waals surface area contributed by atoms with E-state index in [0.29, 0.717) is 0 Å². The first-order valence-corrected chi connectivity index (χ1v) is 7.26. The Morgan fingerprint density at radius 1 is 1.10 bits per heavy atom. The second-order valence-corrected chi connectivity index (χ2v) is 6.56. The molecule has 2 atom stereocenters. The average Bonchev–Trinajstić information content (AvgIpc) is 2.91. The van der Waals surface area contributed by atoms with Gasteiger partial charge in [0.2, 0.25) is 0 Å². The van der Waals surface area contributed by atoms with Crippen molar-refractivity contribution >= 4 is 0 Å². The van der Waals surface area contributed by atoms with Gasteiger partial charge in [0.25, 0.3) is 0 Å². The second-order valence-electron chi connectivity index (χ2n) is 6.56. The van der Waals surface area contributed by atoms with E-state index < -0.39 is 0 Å². The molecule has 4 heteroatoms. The van der Waals surface area contributed by atoms with E-state index in [1.165, 1.54) is 0 Å². The van der Waals surface area contributed by atoms with Crippen LogP contribution in [0.4, 0.5) is 0 Å². The highest BCUT2D eigenvalue weighted by Crippen LogP contribution is 2.38. The molecule has 0 aromatic heterocycles. The van der Waals surface area contributed by atoms with Crippen LogP contribution in [0.1, 0.15) is 32.3 Å². The van der Waals surface area contributed by atoms with Gasteiger partial charge in [0.1, 0.15) is 11.5 Å². The summed E-state index contributed by atoms with van der Waals surface area (Å²) in [6, 6.07) is 8.36. The van der Waals surface area contributed by atoms with Gasteiger partial charge in [-0.25, -0.2) is 0 Å². The molecule has 0 aliphatic carbocycles. The van der Waals surface area contributed by atoms with Crippen LogP contribution < -0.4 is 9.47 Å². The second kappa shape index (κ2) is 5.95. The van der Waals surface area contributed by atoms with Crippen molar-refractivity contribution in [2.75, 3.05) is 27.3 Å². The lowest BCUT2D eigenvalue weighted by atomic mass is 9.89. The molecule has 1 heterocycles. The Labute approximate surface area is 127 Å². The van der Waals surface area contributed by atoms with Crippen LogP contribution in [0.15, 0.2) is 18.2 Å². The predicted molar refractivity (Wildman–Crippen MR) is 82.7 cm³/mol. The molecular weight excluding hydrogens is 264 g/mol. The standard InChI is InChI=1S/C17H24N2O2/c1-17(2,3)19-10-13(9-18)16(11-19)12-6-14(20-4)8-15(7-12)21-5/h6-8,13,16H,10-11H2,1-5H3/t13-,16+/m0/s1. The van der Waals surface area contributed by atoms with Crippen LogP contribution in [0.2, 0.25) is 0 Å². The Balaban J connectivity index is 2.34. The highest BCUT2D eigenvalue weighted by molar-refractivity contribution is 5.41. The van der Waals surface area contributed by atoms with Crippen molar-refractivity contribution in [2.45, 2.75) is 32.2 Å². The fourth-order valence-electron chi connectivity index (χ4n) is 2.86. The number of hydrogen-bond acceptors (Lipinski definition) is 4. The molecular formula is C17H24N2O2. The molecule has 0 bridgehead atoms. The molecule has 2 rings (SSSR count). The maximum atomic E-state index is 9.50. The van der Waals surface area contributed by atoms with E-state index in [0.717, 1.165) is 30.2 Å². The summed E-state index contributed by atoms with van der Waals surface area (Å²) in [5.41, 5.74) is 1.19. The van der Waals surface area contributed by atoms with Crippen molar-refractivity contribution in [3.63, 3.8) is 0 Å². The van der Waals surface area contributed by atoms with E-state index in [1.54, 1.807) is 14.2 Å². The summed E-state index contributed by atoms with van der Waals surface area (Å²) < 4.78 is 10.7. The minimum Gasteiger partial charge on any atom is -0.497 e. The predicted octanol–water partition coefficient (Wildman–Crippen LogP) is 3.04. The summed E-state index contributed by atoms with van der Waals surface area (Å²) >= 11 is 0. The topological polar surface area (TPSA) is 45.5 Å². The maximum Gasteiger partial charge on any atom is 0.122 e. The van der Waals surface area contributed by atoms with Gasteiger partial charge in [-0.2, -0.15) is 5.26 Å². The Hall–Kier alpha value is -1.73. The highest BCUT2D eigenvalue weighted by atomic mass is 16.5. The Kier molecular flexibility index (Phi) is 4.43.